The Hall–Kier alpha value is -1.91. The third-order valence-corrected chi connectivity index (χ3v) is 3.61. The van der Waals surface area contributed by atoms with E-state index in [2.05, 4.69) is 17.1 Å². The average Bonchev–Trinajstić information content (AvgIpc) is 2.79. The van der Waals surface area contributed by atoms with E-state index in [4.69, 9.17) is 29.6 Å². The summed E-state index contributed by atoms with van der Waals surface area (Å²) in [7, 11) is 0. The highest BCUT2D eigenvalue weighted by Crippen LogP contribution is 2.22. The maximum absolute atomic E-state index is 6.18. The summed E-state index contributed by atoms with van der Waals surface area (Å²) < 4.78 is 1.85. The number of aromatic nitrogens is 2. The number of fused-ring (bicyclic) bond motifs is 1. The number of rotatable bonds is 3. The fraction of sp³-hybridized carbons (Fsp3) is 0.0667. The monoisotopic (exact) mass is 301 g/mol. The van der Waals surface area contributed by atoms with E-state index >= 15 is 0 Å². The molecule has 0 radical (unpaired) electrons. The normalized spacial score (nSPS) is 10.8. The summed E-state index contributed by atoms with van der Waals surface area (Å²) in [6.45, 7) is 0. The molecule has 0 spiro atoms. The molecule has 0 amide bonds. The van der Waals surface area contributed by atoms with Crippen molar-refractivity contribution in [1.29, 1.82) is 0 Å². The minimum absolute atomic E-state index is 0.325. The summed E-state index contributed by atoms with van der Waals surface area (Å²) >= 11 is 11.3. The van der Waals surface area contributed by atoms with Gasteiger partial charge in [0.2, 0.25) is 0 Å². The van der Waals surface area contributed by atoms with Crippen LogP contribution in [0.5, 0.6) is 0 Å². The van der Waals surface area contributed by atoms with Crippen molar-refractivity contribution in [3.63, 3.8) is 0 Å². The van der Waals surface area contributed by atoms with Crippen molar-refractivity contribution in [1.82, 2.24) is 9.38 Å². The highest BCUT2D eigenvalue weighted by Gasteiger charge is 2.16. The Bertz CT molecular complexity index is 780. The highest BCUT2D eigenvalue weighted by molar-refractivity contribution is 7.80. The molecule has 1 aromatic carbocycles. The van der Waals surface area contributed by atoms with E-state index in [-0.39, 0.29) is 0 Å². The van der Waals surface area contributed by atoms with Gasteiger partial charge in [0.1, 0.15) is 10.7 Å². The van der Waals surface area contributed by atoms with Crippen LogP contribution in [-0.2, 0) is 6.42 Å². The maximum atomic E-state index is 6.18. The fourth-order valence-corrected chi connectivity index (χ4v) is 2.68. The van der Waals surface area contributed by atoms with Crippen LogP contribution in [0.4, 0.5) is 0 Å². The zero-order valence-electron chi connectivity index (χ0n) is 10.6. The van der Waals surface area contributed by atoms with E-state index < -0.39 is 0 Å². The zero-order valence-corrected chi connectivity index (χ0v) is 12.2. The van der Waals surface area contributed by atoms with Gasteiger partial charge in [0.25, 0.3) is 0 Å². The van der Waals surface area contributed by atoms with E-state index in [9.17, 15) is 0 Å². The number of hydrogen-bond acceptors (Lipinski definition) is 2. The lowest BCUT2D eigenvalue weighted by molar-refractivity contribution is 1.10. The summed E-state index contributed by atoms with van der Waals surface area (Å²) in [5.41, 5.74) is 9.29. The highest BCUT2D eigenvalue weighted by atomic mass is 35.5. The second kappa shape index (κ2) is 5.23. The third kappa shape index (κ3) is 2.28. The van der Waals surface area contributed by atoms with Crippen LogP contribution in [0.25, 0.3) is 5.65 Å². The van der Waals surface area contributed by atoms with E-state index in [0.717, 1.165) is 17.0 Å². The van der Waals surface area contributed by atoms with E-state index in [1.165, 1.54) is 0 Å². The van der Waals surface area contributed by atoms with Gasteiger partial charge >= 0.3 is 0 Å². The van der Waals surface area contributed by atoms with Crippen molar-refractivity contribution >= 4 is 34.5 Å². The Labute approximate surface area is 127 Å². The molecular formula is C15H12ClN3S. The van der Waals surface area contributed by atoms with Gasteiger partial charge in [0.15, 0.2) is 5.65 Å². The summed E-state index contributed by atoms with van der Waals surface area (Å²) in [5.74, 6) is 0. The van der Waals surface area contributed by atoms with Gasteiger partial charge in [-0.05, 0) is 17.7 Å². The van der Waals surface area contributed by atoms with Crippen LogP contribution in [0, 0.1) is 0 Å². The van der Waals surface area contributed by atoms with Crippen molar-refractivity contribution in [2.75, 3.05) is 0 Å². The van der Waals surface area contributed by atoms with Gasteiger partial charge in [-0.1, -0.05) is 54.2 Å². The number of thiocarbonyl (C=S) groups is 1. The van der Waals surface area contributed by atoms with Crippen LogP contribution < -0.4 is 5.73 Å². The molecule has 5 heteroatoms. The molecule has 0 fully saturated rings. The summed E-state index contributed by atoms with van der Waals surface area (Å²) in [6, 6.07) is 13.7. The first-order valence-electron chi connectivity index (χ1n) is 6.16. The lowest BCUT2D eigenvalue weighted by Crippen LogP contribution is -2.14. The second-order valence-corrected chi connectivity index (χ2v) is 5.33. The van der Waals surface area contributed by atoms with Crippen LogP contribution in [0.15, 0.2) is 48.7 Å². The van der Waals surface area contributed by atoms with Crippen molar-refractivity contribution in [2.45, 2.75) is 6.42 Å². The lowest BCUT2D eigenvalue weighted by atomic mass is 10.1. The quantitative estimate of drug-likeness (QED) is 0.755. The molecule has 2 heterocycles. The molecule has 0 aliphatic carbocycles. The minimum atomic E-state index is 0.325. The van der Waals surface area contributed by atoms with Gasteiger partial charge in [-0.2, -0.15) is 0 Å². The van der Waals surface area contributed by atoms with Crippen LogP contribution in [0.1, 0.15) is 17.0 Å². The van der Waals surface area contributed by atoms with Crippen LogP contribution in [-0.4, -0.2) is 14.4 Å². The summed E-state index contributed by atoms with van der Waals surface area (Å²) in [6.07, 6.45) is 2.54. The number of halogens is 1. The molecule has 0 bridgehead atoms. The number of imidazole rings is 1. The van der Waals surface area contributed by atoms with Crippen molar-refractivity contribution in [3.05, 3.63) is 70.6 Å². The number of pyridine rings is 1. The SMILES string of the molecule is NC(=S)c1c(Cc2ccccc2)nc2c(Cl)cccn12. The Morgan fingerprint density at radius 2 is 1.95 bits per heavy atom. The molecule has 0 atom stereocenters. The number of nitrogens with two attached hydrogens (primary N) is 1. The maximum Gasteiger partial charge on any atom is 0.156 e. The molecule has 0 aliphatic rings. The first kappa shape index (κ1) is 13.1. The molecule has 20 heavy (non-hydrogen) atoms. The molecule has 0 saturated carbocycles. The summed E-state index contributed by atoms with van der Waals surface area (Å²) in [4.78, 5) is 4.92. The molecule has 3 aromatic rings. The molecule has 100 valence electrons. The Morgan fingerprint density at radius 1 is 1.20 bits per heavy atom. The number of benzene rings is 1. The van der Waals surface area contributed by atoms with Gasteiger partial charge in [-0.15, -0.1) is 0 Å². The third-order valence-electron chi connectivity index (χ3n) is 3.12. The fourth-order valence-electron chi connectivity index (χ4n) is 2.25. The van der Waals surface area contributed by atoms with Crippen LogP contribution in [0.2, 0.25) is 5.02 Å². The Morgan fingerprint density at radius 3 is 2.65 bits per heavy atom. The minimum Gasteiger partial charge on any atom is -0.388 e. The largest absolute Gasteiger partial charge is 0.388 e. The number of hydrogen-bond donors (Lipinski definition) is 1. The molecule has 2 aromatic heterocycles. The van der Waals surface area contributed by atoms with Gasteiger partial charge in [-0.25, -0.2) is 4.98 Å². The Balaban J connectivity index is 2.17. The van der Waals surface area contributed by atoms with E-state index in [0.29, 0.717) is 22.1 Å². The Kier molecular flexibility index (Phi) is 3.42. The second-order valence-electron chi connectivity index (χ2n) is 4.48. The first-order chi connectivity index (χ1) is 9.66. The van der Waals surface area contributed by atoms with Crippen molar-refractivity contribution in [3.8, 4) is 0 Å². The van der Waals surface area contributed by atoms with Gasteiger partial charge in [-0.3, -0.25) is 4.40 Å². The van der Waals surface area contributed by atoms with Gasteiger partial charge in [0, 0.05) is 12.6 Å². The predicted octanol–water partition coefficient (Wildman–Crippen LogP) is 3.21. The molecule has 3 nitrogen and oxygen atoms in total. The first-order valence-corrected chi connectivity index (χ1v) is 6.94. The molecule has 2 N–H and O–H groups in total. The summed E-state index contributed by atoms with van der Waals surface area (Å²) in [5, 5.41) is 0.587. The zero-order chi connectivity index (χ0) is 14.1. The van der Waals surface area contributed by atoms with Gasteiger partial charge < -0.3 is 5.73 Å². The predicted molar refractivity (Wildman–Crippen MR) is 85.3 cm³/mol. The van der Waals surface area contributed by atoms with Crippen molar-refractivity contribution in [2.24, 2.45) is 5.73 Å². The standard InChI is InChI=1S/C15H12ClN3S/c16-11-7-4-8-19-13(14(17)20)12(18-15(11)19)9-10-5-2-1-3-6-10/h1-8H,9H2,(H2,17,20). The lowest BCUT2D eigenvalue weighted by Gasteiger charge is -2.03. The average molecular weight is 302 g/mol. The van der Waals surface area contributed by atoms with E-state index in [1.54, 1.807) is 6.07 Å². The molecule has 0 saturated heterocycles. The van der Waals surface area contributed by atoms with Crippen molar-refractivity contribution < 1.29 is 0 Å². The van der Waals surface area contributed by atoms with E-state index in [1.807, 2.05) is 34.9 Å². The molecule has 0 unspecified atom stereocenters. The van der Waals surface area contributed by atoms with Crippen LogP contribution in [0.3, 0.4) is 0 Å². The molecular weight excluding hydrogens is 290 g/mol. The molecule has 3 rings (SSSR count). The smallest absolute Gasteiger partial charge is 0.156 e. The number of nitrogens with zero attached hydrogens (tertiary/aromatic N) is 2. The van der Waals surface area contributed by atoms with Crippen LogP contribution >= 0.6 is 23.8 Å². The topological polar surface area (TPSA) is 43.3 Å². The van der Waals surface area contributed by atoms with Gasteiger partial charge in [0.05, 0.1) is 10.7 Å². The molecule has 0 aliphatic heterocycles.